The van der Waals surface area contributed by atoms with E-state index in [1.165, 1.54) is 12.3 Å². The van der Waals surface area contributed by atoms with Gasteiger partial charge in [0.1, 0.15) is 0 Å². The van der Waals surface area contributed by atoms with E-state index in [1.807, 2.05) is 12.1 Å². The van der Waals surface area contributed by atoms with Gasteiger partial charge in [0.2, 0.25) is 0 Å². The molecule has 4 N–H and O–H groups in total. The van der Waals surface area contributed by atoms with Crippen molar-refractivity contribution in [2.45, 2.75) is 6.42 Å². The second-order valence-corrected chi connectivity index (χ2v) is 4.03. The van der Waals surface area contributed by atoms with Gasteiger partial charge in [0, 0.05) is 25.1 Å². The number of hydrazine groups is 1. The molecule has 0 atom stereocenters. The third kappa shape index (κ3) is 3.27. The maximum atomic E-state index is 13.8. The van der Waals surface area contributed by atoms with Crippen LogP contribution in [0.5, 0.6) is 0 Å². The minimum absolute atomic E-state index is 0.0980. The summed E-state index contributed by atoms with van der Waals surface area (Å²) in [7, 11) is 0. The highest BCUT2D eigenvalue weighted by atomic mass is 19.1. The summed E-state index contributed by atoms with van der Waals surface area (Å²) < 4.78 is 13.8. The van der Waals surface area contributed by atoms with Gasteiger partial charge in [-0.3, -0.25) is 9.78 Å². The number of carbonyl (C=O) groups excluding carboxylic acids is 1. The topological polar surface area (TPSA) is 92.9 Å². The minimum Gasteiger partial charge on any atom is -0.352 e. The number of nitrogens with two attached hydrogens (primary N) is 1. The van der Waals surface area contributed by atoms with E-state index in [-0.39, 0.29) is 11.4 Å². The molecule has 0 aliphatic carbocycles. The second-order valence-electron chi connectivity index (χ2n) is 4.03. The highest BCUT2D eigenvalue weighted by Gasteiger charge is 2.15. The van der Waals surface area contributed by atoms with Gasteiger partial charge in [0.25, 0.3) is 5.91 Å². The van der Waals surface area contributed by atoms with Gasteiger partial charge in [-0.2, -0.15) is 0 Å². The van der Waals surface area contributed by atoms with Crippen LogP contribution in [0.2, 0.25) is 0 Å². The number of nitrogen functional groups attached to an aromatic ring is 1. The van der Waals surface area contributed by atoms with Crippen molar-refractivity contribution in [3.63, 3.8) is 0 Å². The van der Waals surface area contributed by atoms with Crippen LogP contribution in [0.1, 0.15) is 15.9 Å². The monoisotopic (exact) mass is 275 g/mol. The Labute approximate surface area is 115 Å². The average Bonchev–Trinajstić information content (AvgIpc) is 2.48. The second kappa shape index (κ2) is 6.58. The summed E-state index contributed by atoms with van der Waals surface area (Å²) >= 11 is 0. The molecule has 2 rings (SSSR count). The van der Waals surface area contributed by atoms with E-state index in [9.17, 15) is 9.18 Å². The van der Waals surface area contributed by atoms with Crippen molar-refractivity contribution >= 4 is 11.7 Å². The predicted octanol–water partition coefficient (Wildman–Crippen LogP) is 0.874. The van der Waals surface area contributed by atoms with Crippen LogP contribution >= 0.6 is 0 Å². The van der Waals surface area contributed by atoms with Crippen LogP contribution in [-0.2, 0) is 6.42 Å². The Kier molecular flexibility index (Phi) is 4.56. The van der Waals surface area contributed by atoms with E-state index >= 15 is 0 Å². The largest absolute Gasteiger partial charge is 0.352 e. The third-order valence-electron chi connectivity index (χ3n) is 2.69. The van der Waals surface area contributed by atoms with E-state index in [0.29, 0.717) is 13.0 Å². The smallest absolute Gasteiger partial charge is 0.254 e. The van der Waals surface area contributed by atoms with Crippen molar-refractivity contribution in [2.24, 2.45) is 5.84 Å². The number of halogens is 1. The maximum Gasteiger partial charge on any atom is 0.254 e. The molecule has 6 nitrogen and oxygen atoms in total. The summed E-state index contributed by atoms with van der Waals surface area (Å²) in [4.78, 5) is 19.5. The Morgan fingerprint density at radius 3 is 2.90 bits per heavy atom. The van der Waals surface area contributed by atoms with Crippen LogP contribution in [0.4, 0.5) is 10.2 Å². The molecule has 2 aromatic heterocycles. The van der Waals surface area contributed by atoms with E-state index in [4.69, 9.17) is 5.84 Å². The number of hydrogen-bond acceptors (Lipinski definition) is 5. The van der Waals surface area contributed by atoms with E-state index in [1.54, 1.807) is 12.4 Å². The quantitative estimate of drug-likeness (QED) is 0.556. The fourth-order valence-electron chi connectivity index (χ4n) is 1.68. The minimum atomic E-state index is -0.770. The third-order valence-corrected chi connectivity index (χ3v) is 2.69. The van der Waals surface area contributed by atoms with Crippen LogP contribution in [0.15, 0.2) is 36.8 Å². The zero-order chi connectivity index (χ0) is 14.4. The number of pyridine rings is 2. The van der Waals surface area contributed by atoms with Gasteiger partial charge in [0.15, 0.2) is 11.6 Å². The molecule has 0 saturated carbocycles. The lowest BCUT2D eigenvalue weighted by Crippen LogP contribution is -2.27. The molecule has 0 bridgehead atoms. The van der Waals surface area contributed by atoms with Gasteiger partial charge in [-0.1, -0.05) is 6.07 Å². The number of nitrogens with one attached hydrogen (secondary N) is 2. The van der Waals surface area contributed by atoms with Crippen molar-refractivity contribution in [3.8, 4) is 0 Å². The van der Waals surface area contributed by atoms with Crippen molar-refractivity contribution < 1.29 is 9.18 Å². The number of rotatable bonds is 5. The van der Waals surface area contributed by atoms with Crippen molar-refractivity contribution in [2.75, 3.05) is 12.0 Å². The van der Waals surface area contributed by atoms with Crippen LogP contribution in [0.25, 0.3) is 0 Å². The molecule has 20 heavy (non-hydrogen) atoms. The zero-order valence-corrected chi connectivity index (χ0v) is 10.6. The number of anilines is 1. The number of amides is 1. The highest BCUT2D eigenvalue weighted by molar-refractivity contribution is 5.95. The molecule has 0 unspecified atom stereocenters. The van der Waals surface area contributed by atoms with E-state index in [0.717, 1.165) is 5.56 Å². The molecule has 0 fully saturated rings. The molecule has 2 heterocycles. The van der Waals surface area contributed by atoms with Crippen LogP contribution in [-0.4, -0.2) is 22.4 Å². The summed E-state index contributed by atoms with van der Waals surface area (Å²) in [6, 6.07) is 5.02. The van der Waals surface area contributed by atoms with E-state index < -0.39 is 11.7 Å². The first kappa shape index (κ1) is 13.9. The summed E-state index contributed by atoms with van der Waals surface area (Å²) in [5, 5.41) is 2.64. The number of carbonyl (C=O) groups is 1. The summed E-state index contributed by atoms with van der Waals surface area (Å²) in [5.41, 5.74) is 2.99. The molecular weight excluding hydrogens is 261 g/mol. The van der Waals surface area contributed by atoms with Gasteiger partial charge in [-0.25, -0.2) is 15.2 Å². The molecular formula is C13H14FN5O. The van der Waals surface area contributed by atoms with Crippen molar-refractivity contribution in [1.82, 2.24) is 15.3 Å². The Balaban J connectivity index is 1.95. The molecule has 0 spiro atoms. The maximum absolute atomic E-state index is 13.8. The van der Waals surface area contributed by atoms with Gasteiger partial charge >= 0.3 is 0 Å². The molecule has 2 aromatic rings. The zero-order valence-electron chi connectivity index (χ0n) is 10.6. The molecule has 104 valence electrons. The standard InChI is InChI=1S/C13H14FN5O/c14-11-10(4-7-17-12(11)19-15)13(20)18-6-3-9-2-1-5-16-8-9/h1-2,4-5,7-8H,3,6,15H2,(H,17,19)(H,18,20). The Morgan fingerprint density at radius 2 is 2.20 bits per heavy atom. The molecule has 0 aliphatic rings. The first-order valence-electron chi connectivity index (χ1n) is 6.00. The lowest BCUT2D eigenvalue weighted by molar-refractivity contribution is 0.0950. The van der Waals surface area contributed by atoms with E-state index in [2.05, 4.69) is 20.7 Å². The number of hydrogen-bond donors (Lipinski definition) is 3. The Bertz CT molecular complexity index is 591. The lowest BCUT2D eigenvalue weighted by atomic mass is 10.2. The van der Waals surface area contributed by atoms with Gasteiger partial charge < -0.3 is 10.7 Å². The fourth-order valence-corrected chi connectivity index (χ4v) is 1.68. The molecule has 0 aromatic carbocycles. The molecule has 0 aliphatic heterocycles. The van der Waals surface area contributed by atoms with Crippen LogP contribution in [0, 0.1) is 5.82 Å². The predicted molar refractivity (Wildman–Crippen MR) is 72.3 cm³/mol. The number of aromatic nitrogens is 2. The highest BCUT2D eigenvalue weighted by Crippen LogP contribution is 2.13. The van der Waals surface area contributed by atoms with Crippen molar-refractivity contribution in [1.29, 1.82) is 0 Å². The van der Waals surface area contributed by atoms with Gasteiger partial charge in [-0.15, -0.1) is 0 Å². The fraction of sp³-hybridized carbons (Fsp3) is 0.154. The van der Waals surface area contributed by atoms with Gasteiger partial charge in [0.05, 0.1) is 5.56 Å². The van der Waals surface area contributed by atoms with Crippen molar-refractivity contribution in [3.05, 3.63) is 53.7 Å². The molecule has 7 heteroatoms. The van der Waals surface area contributed by atoms with Crippen LogP contribution < -0.4 is 16.6 Å². The normalized spacial score (nSPS) is 10.1. The molecule has 0 saturated heterocycles. The Hall–Kier alpha value is -2.54. The first-order chi connectivity index (χ1) is 9.72. The SMILES string of the molecule is NNc1nccc(C(=O)NCCc2cccnc2)c1F. The average molecular weight is 275 g/mol. The summed E-state index contributed by atoms with van der Waals surface area (Å²) in [5.74, 6) is 3.66. The van der Waals surface area contributed by atoms with Gasteiger partial charge in [-0.05, 0) is 24.1 Å². The molecule has 1 amide bonds. The lowest BCUT2D eigenvalue weighted by Gasteiger charge is -2.08. The van der Waals surface area contributed by atoms with Crippen LogP contribution in [0.3, 0.4) is 0 Å². The molecule has 0 radical (unpaired) electrons. The number of nitrogens with zero attached hydrogens (tertiary/aromatic N) is 2. The Morgan fingerprint density at radius 1 is 1.35 bits per heavy atom. The summed E-state index contributed by atoms with van der Waals surface area (Å²) in [6.07, 6.45) is 5.33. The summed E-state index contributed by atoms with van der Waals surface area (Å²) in [6.45, 7) is 0.387. The first-order valence-corrected chi connectivity index (χ1v) is 6.00.